The second-order valence-corrected chi connectivity index (χ2v) is 7.12. The van der Waals surface area contributed by atoms with Crippen molar-refractivity contribution in [2.24, 2.45) is 5.92 Å². The fourth-order valence-electron chi connectivity index (χ4n) is 3.79. The molecule has 1 N–H and O–H groups in total. The van der Waals surface area contributed by atoms with Crippen LogP contribution in [-0.2, 0) is 4.79 Å². The number of rotatable bonds is 4. The number of benzene rings is 1. The van der Waals surface area contributed by atoms with Gasteiger partial charge >= 0.3 is 0 Å². The number of hydrogen-bond donors (Lipinski definition) is 1. The van der Waals surface area contributed by atoms with E-state index < -0.39 is 0 Å². The maximum absolute atomic E-state index is 12.6. The Labute approximate surface area is 162 Å². The SMILES string of the molecule is Cl.O=C(CCC1CCNCC1)N1CCCN(C(=O)c2ccccc2)CC1. The molecule has 2 heterocycles. The van der Waals surface area contributed by atoms with Gasteiger partial charge in [-0.2, -0.15) is 0 Å². The minimum absolute atomic E-state index is 0. The molecule has 2 amide bonds. The van der Waals surface area contributed by atoms with Gasteiger partial charge < -0.3 is 15.1 Å². The number of carbonyl (C=O) groups is 2. The molecule has 26 heavy (non-hydrogen) atoms. The third-order valence-electron chi connectivity index (χ3n) is 5.38. The summed E-state index contributed by atoms with van der Waals surface area (Å²) >= 11 is 0. The standard InChI is InChI=1S/C20H29N3O2.ClH/c24-19(8-7-17-9-11-21-12-10-17)22-13-4-14-23(16-15-22)20(25)18-5-2-1-3-6-18;/h1-3,5-6,17,21H,4,7-16H2;1H. The summed E-state index contributed by atoms with van der Waals surface area (Å²) in [7, 11) is 0. The smallest absolute Gasteiger partial charge is 0.253 e. The van der Waals surface area contributed by atoms with Crippen molar-refractivity contribution < 1.29 is 9.59 Å². The highest BCUT2D eigenvalue weighted by atomic mass is 35.5. The van der Waals surface area contributed by atoms with E-state index in [4.69, 9.17) is 0 Å². The highest BCUT2D eigenvalue weighted by Gasteiger charge is 2.23. The Bertz CT molecular complexity index is 576. The predicted octanol–water partition coefficient (Wildman–Crippen LogP) is 2.56. The molecule has 0 bridgehead atoms. The van der Waals surface area contributed by atoms with E-state index in [0.717, 1.165) is 44.6 Å². The van der Waals surface area contributed by atoms with Gasteiger partial charge in [-0.05, 0) is 56.8 Å². The molecule has 0 aromatic heterocycles. The van der Waals surface area contributed by atoms with Crippen LogP contribution in [0.5, 0.6) is 0 Å². The van der Waals surface area contributed by atoms with Gasteiger partial charge in [-0.3, -0.25) is 9.59 Å². The van der Waals surface area contributed by atoms with Gasteiger partial charge in [-0.1, -0.05) is 18.2 Å². The molecule has 1 aromatic rings. The second kappa shape index (κ2) is 10.5. The van der Waals surface area contributed by atoms with E-state index in [0.29, 0.717) is 25.4 Å². The zero-order valence-electron chi connectivity index (χ0n) is 15.4. The van der Waals surface area contributed by atoms with Crippen LogP contribution in [0.1, 0.15) is 42.5 Å². The molecule has 3 rings (SSSR count). The van der Waals surface area contributed by atoms with Gasteiger partial charge in [0.2, 0.25) is 5.91 Å². The molecule has 1 aromatic carbocycles. The Morgan fingerprint density at radius 1 is 0.962 bits per heavy atom. The van der Waals surface area contributed by atoms with Crippen LogP contribution in [0.3, 0.4) is 0 Å². The van der Waals surface area contributed by atoms with Crippen LogP contribution < -0.4 is 5.32 Å². The second-order valence-electron chi connectivity index (χ2n) is 7.12. The molecule has 144 valence electrons. The molecule has 5 nitrogen and oxygen atoms in total. The number of hydrogen-bond acceptors (Lipinski definition) is 3. The van der Waals surface area contributed by atoms with Gasteiger partial charge in [0, 0.05) is 38.2 Å². The van der Waals surface area contributed by atoms with E-state index in [-0.39, 0.29) is 24.2 Å². The Balaban J connectivity index is 0.00000243. The minimum atomic E-state index is 0. The van der Waals surface area contributed by atoms with E-state index >= 15 is 0 Å². The molecule has 2 aliphatic heterocycles. The normalized spacial score (nSPS) is 18.8. The zero-order valence-corrected chi connectivity index (χ0v) is 16.2. The Hall–Kier alpha value is -1.59. The summed E-state index contributed by atoms with van der Waals surface area (Å²) in [6.45, 7) is 4.95. The zero-order chi connectivity index (χ0) is 17.5. The minimum Gasteiger partial charge on any atom is -0.341 e. The van der Waals surface area contributed by atoms with Crippen molar-refractivity contribution >= 4 is 24.2 Å². The molecular formula is C20H30ClN3O2. The number of piperidine rings is 1. The van der Waals surface area contributed by atoms with Crippen molar-refractivity contribution in [1.29, 1.82) is 0 Å². The van der Waals surface area contributed by atoms with E-state index in [9.17, 15) is 9.59 Å². The first-order valence-electron chi connectivity index (χ1n) is 9.57. The maximum Gasteiger partial charge on any atom is 0.253 e. The molecule has 0 atom stereocenters. The average molecular weight is 380 g/mol. The number of amides is 2. The molecule has 0 aliphatic carbocycles. The topological polar surface area (TPSA) is 52.7 Å². The van der Waals surface area contributed by atoms with Crippen molar-refractivity contribution in [3.8, 4) is 0 Å². The number of carbonyl (C=O) groups excluding carboxylic acids is 2. The first kappa shape index (κ1) is 20.7. The van der Waals surface area contributed by atoms with Gasteiger partial charge in [0.1, 0.15) is 0 Å². The van der Waals surface area contributed by atoms with Gasteiger partial charge in [0.25, 0.3) is 5.91 Å². The monoisotopic (exact) mass is 379 g/mol. The van der Waals surface area contributed by atoms with E-state index in [1.54, 1.807) is 0 Å². The van der Waals surface area contributed by atoms with E-state index in [2.05, 4.69) is 5.32 Å². The van der Waals surface area contributed by atoms with Crippen molar-refractivity contribution in [2.75, 3.05) is 39.3 Å². The number of nitrogens with one attached hydrogen (secondary N) is 1. The third kappa shape index (κ3) is 5.71. The van der Waals surface area contributed by atoms with Crippen LogP contribution in [0.4, 0.5) is 0 Å². The molecule has 0 radical (unpaired) electrons. The summed E-state index contributed by atoms with van der Waals surface area (Å²) in [5.41, 5.74) is 0.730. The maximum atomic E-state index is 12.6. The summed E-state index contributed by atoms with van der Waals surface area (Å²) in [4.78, 5) is 29.0. The molecule has 2 aliphatic rings. The van der Waals surface area contributed by atoms with Crippen LogP contribution in [0, 0.1) is 5.92 Å². The summed E-state index contributed by atoms with van der Waals surface area (Å²) in [5.74, 6) is 1.02. The molecule has 6 heteroatoms. The van der Waals surface area contributed by atoms with Crippen LogP contribution in [0.2, 0.25) is 0 Å². The fraction of sp³-hybridized carbons (Fsp3) is 0.600. The van der Waals surface area contributed by atoms with Crippen molar-refractivity contribution in [3.05, 3.63) is 35.9 Å². The average Bonchev–Trinajstić information content (AvgIpc) is 2.93. The highest BCUT2D eigenvalue weighted by Crippen LogP contribution is 2.19. The highest BCUT2D eigenvalue weighted by molar-refractivity contribution is 5.94. The summed E-state index contributed by atoms with van der Waals surface area (Å²) in [5, 5.41) is 3.37. The quantitative estimate of drug-likeness (QED) is 0.874. The molecule has 0 spiro atoms. The van der Waals surface area contributed by atoms with Crippen LogP contribution in [-0.4, -0.2) is 60.9 Å². The van der Waals surface area contributed by atoms with Crippen molar-refractivity contribution in [1.82, 2.24) is 15.1 Å². The lowest BCUT2D eigenvalue weighted by atomic mass is 9.93. The van der Waals surface area contributed by atoms with Gasteiger partial charge in [-0.25, -0.2) is 0 Å². The first-order valence-corrected chi connectivity index (χ1v) is 9.57. The predicted molar refractivity (Wildman–Crippen MR) is 106 cm³/mol. The summed E-state index contributed by atoms with van der Waals surface area (Å²) in [6.07, 6.45) is 4.89. The third-order valence-corrected chi connectivity index (χ3v) is 5.38. The fourth-order valence-corrected chi connectivity index (χ4v) is 3.79. The largest absolute Gasteiger partial charge is 0.341 e. The van der Waals surface area contributed by atoms with Crippen LogP contribution in [0.25, 0.3) is 0 Å². The molecule has 0 unspecified atom stereocenters. The molecular weight excluding hydrogens is 350 g/mol. The Morgan fingerprint density at radius 3 is 2.35 bits per heavy atom. The lowest BCUT2D eigenvalue weighted by Crippen LogP contribution is -2.37. The summed E-state index contributed by atoms with van der Waals surface area (Å²) < 4.78 is 0. The van der Waals surface area contributed by atoms with Gasteiger partial charge in [-0.15, -0.1) is 12.4 Å². The number of nitrogens with zero attached hydrogens (tertiary/aromatic N) is 2. The van der Waals surface area contributed by atoms with E-state index in [1.807, 2.05) is 40.1 Å². The van der Waals surface area contributed by atoms with Gasteiger partial charge in [0.15, 0.2) is 0 Å². The number of halogens is 1. The van der Waals surface area contributed by atoms with Crippen molar-refractivity contribution in [3.63, 3.8) is 0 Å². The van der Waals surface area contributed by atoms with Crippen molar-refractivity contribution in [2.45, 2.75) is 32.1 Å². The Morgan fingerprint density at radius 2 is 1.62 bits per heavy atom. The van der Waals surface area contributed by atoms with Crippen LogP contribution >= 0.6 is 12.4 Å². The lowest BCUT2D eigenvalue weighted by Gasteiger charge is -2.25. The lowest BCUT2D eigenvalue weighted by molar-refractivity contribution is -0.131. The van der Waals surface area contributed by atoms with Gasteiger partial charge in [0.05, 0.1) is 0 Å². The summed E-state index contributed by atoms with van der Waals surface area (Å²) in [6, 6.07) is 9.41. The molecule has 2 fully saturated rings. The molecule has 0 saturated carbocycles. The van der Waals surface area contributed by atoms with E-state index in [1.165, 1.54) is 12.8 Å². The molecule has 2 saturated heterocycles. The Kier molecular flexibility index (Phi) is 8.39. The van der Waals surface area contributed by atoms with Crippen LogP contribution in [0.15, 0.2) is 30.3 Å². The first-order chi connectivity index (χ1) is 12.2.